The minimum atomic E-state index is 0. The highest BCUT2D eigenvalue weighted by Crippen LogP contribution is 2.48. The molecule has 1 aliphatic heterocycles. The summed E-state index contributed by atoms with van der Waals surface area (Å²) in [7, 11) is 4.07. The summed E-state index contributed by atoms with van der Waals surface area (Å²) in [6.45, 7) is 4.39. The summed E-state index contributed by atoms with van der Waals surface area (Å²) in [4.78, 5) is 6.81. The van der Waals surface area contributed by atoms with Gasteiger partial charge in [0.25, 0.3) is 0 Å². The Balaban J connectivity index is 0.00000243. The van der Waals surface area contributed by atoms with Crippen molar-refractivity contribution >= 4 is 41.5 Å². The summed E-state index contributed by atoms with van der Waals surface area (Å²) in [5.41, 5.74) is 1.57. The van der Waals surface area contributed by atoms with Crippen molar-refractivity contribution in [1.29, 1.82) is 0 Å². The van der Waals surface area contributed by atoms with Gasteiger partial charge in [-0.1, -0.05) is 23.7 Å². The van der Waals surface area contributed by atoms with Crippen molar-refractivity contribution in [2.75, 3.05) is 40.3 Å². The van der Waals surface area contributed by atoms with E-state index in [0.29, 0.717) is 0 Å². The third-order valence-electron chi connectivity index (χ3n) is 5.79. The molecule has 0 aromatic heterocycles. The van der Waals surface area contributed by atoms with Gasteiger partial charge in [-0.25, -0.2) is 0 Å². The Hall–Kier alpha value is -0.530. The topological polar surface area (TPSA) is 39.7 Å². The molecule has 2 aliphatic rings. The number of piperidine rings is 1. The van der Waals surface area contributed by atoms with E-state index in [2.05, 4.69) is 39.7 Å². The molecule has 3 rings (SSSR count). The largest absolute Gasteiger partial charge is 0.356 e. The second-order valence-corrected chi connectivity index (χ2v) is 8.11. The molecule has 1 aromatic carbocycles. The van der Waals surface area contributed by atoms with Gasteiger partial charge in [0.2, 0.25) is 0 Å². The number of hydrogen-bond acceptors (Lipinski definition) is 2. The van der Waals surface area contributed by atoms with Crippen molar-refractivity contribution in [3.05, 3.63) is 34.9 Å². The Bertz CT molecular complexity index is 595. The average Bonchev–Trinajstić information content (AvgIpc) is 3.41. The number of rotatable bonds is 6. The number of benzene rings is 1. The molecule has 0 amide bonds. The highest BCUT2D eigenvalue weighted by atomic mass is 127. The third-order valence-corrected chi connectivity index (χ3v) is 6.03. The minimum absolute atomic E-state index is 0. The van der Waals surface area contributed by atoms with E-state index in [1.165, 1.54) is 50.8 Å². The van der Waals surface area contributed by atoms with Gasteiger partial charge in [0.05, 0.1) is 0 Å². The zero-order valence-electron chi connectivity index (χ0n) is 15.9. The molecule has 1 saturated heterocycles. The maximum absolute atomic E-state index is 6.16. The molecule has 2 N–H and O–H groups in total. The van der Waals surface area contributed by atoms with Gasteiger partial charge in [-0.3, -0.25) is 4.99 Å². The van der Waals surface area contributed by atoms with Crippen molar-refractivity contribution in [2.45, 2.75) is 37.5 Å². The minimum Gasteiger partial charge on any atom is -0.356 e. The Morgan fingerprint density at radius 3 is 2.62 bits per heavy atom. The fraction of sp³-hybridized carbons (Fsp3) is 0.650. The van der Waals surface area contributed by atoms with Gasteiger partial charge in [0.15, 0.2) is 5.96 Å². The normalized spacial score (nSPS) is 20.3. The fourth-order valence-electron chi connectivity index (χ4n) is 3.76. The van der Waals surface area contributed by atoms with Gasteiger partial charge in [-0.2, -0.15) is 0 Å². The van der Waals surface area contributed by atoms with Crippen LogP contribution in [0.2, 0.25) is 5.02 Å². The van der Waals surface area contributed by atoms with E-state index in [9.17, 15) is 0 Å². The van der Waals surface area contributed by atoms with E-state index < -0.39 is 0 Å². The van der Waals surface area contributed by atoms with Crippen molar-refractivity contribution in [3.8, 4) is 0 Å². The monoisotopic (exact) mass is 490 g/mol. The van der Waals surface area contributed by atoms with Crippen LogP contribution < -0.4 is 10.6 Å². The number of aliphatic imine (C=N–C) groups is 1. The molecule has 1 saturated carbocycles. The molecular weight excluding hydrogens is 459 g/mol. The molecule has 1 aromatic rings. The number of halogens is 2. The Morgan fingerprint density at radius 2 is 2.00 bits per heavy atom. The summed E-state index contributed by atoms with van der Waals surface area (Å²) in [5, 5.41) is 7.84. The number of hydrogen-bond donors (Lipinski definition) is 2. The summed E-state index contributed by atoms with van der Waals surface area (Å²) < 4.78 is 0. The first-order valence-electron chi connectivity index (χ1n) is 9.50. The van der Waals surface area contributed by atoms with E-state index in [4.69, 9.17) is 11.6 Å². The van der Waals surface area contributed by atoms with Gasteiger partial charge in [0.1, 0.15) is 0 Å². The standard InChI is InChI=1S/C20H31ClN4.HI/c1-22-19(23-11-6-16-7-12-25(2)13-8-16)24-15-20(9-10-20)17-4-3-5-18(21)14-17;/h3-5,14,16H,6-13,15H2,1-2H3,(H2,22,23,24);1H. The maximum atomic E-state index is 6.16. The predicted octanol–water partition coefficient (Wildman–Crippen LogP) is 3.89. The van der Waals surface area contributed by atoms with Crippen LogP contribution in [0, 0.1) is 5.92 Å². The van der Waals surface area contributed by atoms with Gasteiger partial charge in [-0.15, -0.1) is 24.0 Å². The molecule has 0 atom stereocenters. The molecular formula is C20H32ClIN4. The van der Waals surface area contributed by atoms with Crippen molar-refractivity contribution in [1.82, 2.24) is 15.5 Å². The highest BCUT2D eigenvalue weighted by molar-refractivity contribution is 14.0. The first-order chi connectivity index (χ1) is 12.1. The van der Waals surface area contributed by atoms with Gasteiger partial charge >= 0.3 is 0 Å². The van der Waals surface area contributed by atoms with Crippen LogP contribution in [0.25, 0.3) is 0 Å². The fourth-order valence-corrected chi connectivity index (χ4v) is 3.95. The number of nitrogens with one attached hydrogen (secondary N) is 2. The summed E-state index contributed by atoms with van der Waals surface area (Å²) in [6, 6.07) is 8.29. The molecule has 146 valence electrons. The lowest BCUT2D eigenvalue weighted by Crippen LogP contribution is -2.42. The number of guanidine groups is 1. The van der Waals surface area contributed by atoms with E-state index in [1.807, 2.05) is 19.2 Å². The van der Waals surface area contributed by atoms with E-state index in [-0.39, 0.29) is 29.4 Å². The Morgan fingerprint density at radius 1 is 1.27 bits per heavy atom. The highest BCUT2D eigenvalue weighted by Gasteiger charge is 2.44. The van der Waals surface area contributed by atoms with Crippen molar-refractivity contribution in [3.63, 3.8) is 0 Å². The van der Waals surface area contributed by atoms with Crippen molar-refractivity contribution < 1.29 is 0 Å². The van der Waals surface area contributed by atoms with Crippen LogP contribution in [0.1, 0.15) is 37.7 Å². The second-order valence-electron chi connectivity index (χ2n) is 7.68. The lowest BCUT2D eigenvalue weighted by molar-refractivity contribution is 0.213. The van der Waals surface area contributed by atoms with Gasteiger partial charge in [-0.05, 0) is 75.9 Å². The van der Waals surface area contributed by atoms with Crippen LogP contribution >= 0.6 is 35.6 Å². The van der Waals surface area contributed by atoms with E-state index in [1.54, 1.807) is 0 Å². The molecule has 0 spiro atoms. The first kappa shape index (κ1) is 21.8. The second kappa shape index (κ2) is 10.1. The number of likely N-dealkylation sites (tertiary alicyclic amines) is 1. The predicted molar refractivity (Wildman–Crippen MR) is 122 cm³/mol. The van der Waals surface area contributed by atoms with E-state index >= 15 is 0 Å². The molecule has 0 radical (unpaired) electrons. The average molecular weight is 491 g/mol. The Kier molecular flexibility index (Phi) is 8.48. The summed E-state index contributed by atoms with van der Waals surface area (Å²) >= 11 is 6.16. The van der Waals surface area contributed by atoms with Gasteiger partial charge < -0.3 is 15.5 Å². The van der Waals surface area contributed by atoms with Gasteiger partial charge in [0, 0.05) is 30.6 Å². The smallest absolute Gasteiger partial charge is 0.191 e. The van der Waals surface area contributed by atoms with Crippen LogP contribution in [-0.4, -0.2) is 51.1 Å². The molecule has 2 fully saturated rings. The van der Waals surface area contributed by atoms with Crippen molar-refractivity contribution in [2.24, 2.45) is 10.9 Å². The lowest BCUT2D eigenvalue weighted by Gasteiger charge is -2.29. The Labute approximate surface area is 180 Å². The first-order valence-corrected chi connectivity index (χ1v) is 9.88. The van der Waals surface area contributed by atoms with Crippen LogP contribution in [0.4, 0.5) is 0 Å². The molecule has 26 heavy (non-hydrogen) atoms. The molecule has 1 aliphatic carbocycles. The van der Waals surface area contributed by atoms with E-state index in [0.717, 1.165) is 30.0 Å². The summed E-state index contributed by atoms with van der Waals surface area (Å²) in [6.07, 6.45) is 6.30. The SMILES string of the molecule is CN=C(NCCC1CCN(C)CC1)NCC1(c2cccc(Cl)c2)CC1.I. The molecule has 0 unspecified atom stereocenters. The molecule has 1 heterocycles. The van der Waals surface area contributed by atoms with Crippen LogP contribution in [0.15, 0.2) is 29.3 Å². The zero-order valence-corrected chi connectivity index (χ0v) is 19.0. The summed E-state index contributed by atoms with van der Waals surface area (Å²) in [5.74, 6) is 1.77. The zero-order chi connectivity index (χ0) is 17.7. The molecule has 0 bridgehead atoms. The van der Waals surface area contributed by atoms with Crippen LogP contribution in [0.3, 0.4) is 0 Å². The van der Waals surface area contributed by atoms with Crippen LogP contribution in [-0.2, 0) is 5.41 Å². The maximum Gasteiger partial charge on any atom is 0.191 e. The number of nitrogens with zero attached hydrogens (tertiary/aromatic N) is 2. The third kappa shape index (κ3) is 5.99. The molecule has 4 nitrogen and oxygen atoms in total. The molecule has 6 heteroatoms. The van der Waals surface area contributed by atoms with Crippen LogP contribution in [0.5, 0.6) is 0 Å². The lowest BCUT2D eigenvalue weighted by atomic mass is 9.94. The quantitative estimate of drug-likeness (QED) is 0.361.